The highest BCUT2D eigenvalue weighted by Gasteiger charge is 2.34. The lowest BCUT2D eigenvalue weighted by Crippen LogP contribution is -2.53. The first-order valence-electron chi connectivity index (χ1n) is 7.53. The van der Waals surface area contributed by atoms with Gasteiger partial charge >= 0.3 is 0 Å². The number of fused-ring (bicyclic) bond motifs is 1. The van der Waals surface area contributed by atoms with Crippen molar-refractivity contribution in [1.29, 1.82) is 0 Å². The maximum Gasteiger partial charge on any atom is 0.255 e. The minimum absolute atomic E-state index is 0.000813. The van der Waals surface area contributed by atoms with E-state index in [0.29, 0.717) is 18.7 Å². The summed E-state index contributed by atoms with van der Waals surface area (Å²) in [6.07, 6.45) is 1.67. The number of hydrogen-bond donors (Lipinski definition) is 0. The molecule has 6 nitrogen and oxygen atoms in total. The van der Waals surface area contributed by atoms with Crippen LogP contribution in [-0.2, 0) is 11.8 Å². The molecule has 22 heavy (non-hydrogen) atoms. The quantitative estimate of drug-likeness (QED) is 0.807. The van der Waals surface area contributed by atoms with Crippen LogP contribution >= 0.6 is 0 Å². The number of aryl methyl sites for hydroxylation is 2. The van der Waals surface area contributed by atoms with Crippen molar-refractivity contribution >= 4 is 16.9 Å². The molecule has 0 N–H and O–H groups in total. The summed E-state index contributed by atoms with van der Waals surface area (Å²) in [5.41, 5.74) is 1.96. The Morgan fingerprint density at radius 1 is 1.45 bits per heavy atom. The second-order valence-electron chi connectivity index (χ2n) is 6.68. The zero-order chi connectivity index (χ0) is 16.1. The van der Waals surface area contributed by atoms with Crippen LogP contribution in [0.4, 0.5) is 0 Å². The molecule has 1 fully saturated rings. The van der Waals surface area contributed by atoms with E-state index in [-0.39, 0.29) is 17.6 Å². The molecule has 3 heterocycles. The summed E-state index contributed by atoms with van der Waals surface area (Å²) < 4.78 is 7.59. The van der Waals surface area contributed by atoms with Crippen LogP contribution < -0.4 is 0 Å². The number of amides is 1. The molecule has 2 aromatic heterocycles. The number of ether oxygens (including phenoxy) is 1. The lowest BCUT2D eigenvalue weighted by molar-refractivity contribution is -0.118. The largest absolute Gasteiger partial charge is 0.369 e. The van der Waals surface area contributed by atoms with Crippen molar-refractivity contribution in [2.75, 3.05) is 13.1 Å². The third-order valence-corrected chi connectivity index (χ3v) is 3.97. The third-order valence-electron chi connectivity index (χ3n) is 3.97. The third kappa shape index (κ3) is 2.59. The monoisotopic (exact) mass is 302 g/mol. The van der Waals surface area contributed by atoms with E-state index >= 15 is 0 Å². The van der Waals surface area contributed by atoms with Gasteiger partial charge in [-0.05, 0) is 33.8 Å². The summed E-state index contributed by atoms with van der Waals surface area (Å²) in [4.78, 5) is 19.0. The number of aromatic nitrogens is 3. The van der Waals surface area contributed by atoms with Crippen LogP contribution in [0.1, 0.15) is 36.8 Å². The van der Waals surface area contributed by atoms with Crippen LogP contribution in [0.15, 0.2) is 12.3 Å². The number of hydrogen-bond acceptors (Lipinski definition) is 4. The van der Waals surface area contributed by atoms with Crippen LogP contribution in [0.5, 0.6) is 0 Å². The molecule has 0 bridgehead atoms. The van der Waals surface area contributed by atoms with Gasteiger partial charge in [0.2, 0.25) is 0 Å². The molecule has 1 aliphatic heterocycles. The standard InChI is InChI=1S/C16H22N4O2/c1-10-8-20(9-16(3,4)22-10)15(21)12-6-13-11(2)18-19(5)14(13)17-7-12/h6-7,10H,8-9H2,1-5H3. The topological polar surface area (TPSA) is 60.2 Å². The van der Waals surface area contributed by atoms with E-state index in [1.165, 1.54) is 0 Å². The molecule has 1 amide bonds. The normalized spacial score (nSPS) is 21.3. The molecule has 1 saturated heterocycles. The summed E-state index contributed by atoms with van der Waals surface area (Å²) in [5.74, 6) is 0.000813. The van der Waals surface area contributed by atoms with Gasteiger partial charge in [0.25, 0.3) is 5.91 Å². The fraction of sp³-hybridized carbons (Fsp3) is 0.562. The van der Waals surface area contributed by atoms with Crippen molar-refractivity contribution in [3.8, 4) is 0 Å². The van der Waals surface area contributed by atoms with E-state index in [4.69, 9.17) is 4.74 Å². The van der Waals surface area contributed by atoms with Crippen LogP contribution in [0.3, 0.4) is 0 Å². The van der Waals surface area contributed by atoms with Crippen molar-refractivity contribution < 1.29 is 9.53 Å². The van der Waals surface area contributed by atoms with Crippen molar-refractivity contribution in [3.63, 3.8) is 0 Å². The smallest absolute Gasteiger partial charge is 0.255 e. The second-order valence-corrected chi connectivity index (χ2v) is 6.68. The molecular formula is C16H22N4O2. The molecule has 0 saturated carbocycles. The predicted octanol–water partition coefficient (Wildman–Crippen LogP) is 1.92. The Morgan fingerprint density at radius 2 is 2.18 bits per heavy atom. The molecule has 3 rings (SSSR count). The highest BCUT2D eigenvalue weighted by Crippen LogP contribution is 2.23. The van der Waals surface area contributed by atoms with E-state index < -0.39 is 0 Å². The first kappa shape index (κ1) is 15.0. The summed E-state index contributed by atoms with van der Waals surface area (Å²) in [5, 5.41) is 5.27. The SMILES string of the molecule is Cc1nn(C)c2ncc(C(=O)N3CC(C)OC(C)(C)C3)cc12. The summed E-state index contributed by atoms with van der Waals surface area (Å²) >= 11 is 0. The minimum atomic E-state index is -0.324. The molecule has 0 spiro atoms. The van der Waals surface area contributed by atoms with Crippen LogP contribution in [0, 0.1) is 6.92 Å². The molecular weight excluding hydrogens is 280 g/mol. The number of carbonyl (C=O) groups is 1. The highest BCUT2D eigenvalue weighted by atomic mass is 16.5. The number of pyridine rings is 1. The lowest BCUT2D eigenvalue weighted by Gasteiger charge is -2.41. The van der Waals surface area contributed by atoms with Crippen molar-refractivity contribution in [1.82, 2.24) is 19.7 Å². The maximum atomic E-state index is 12.8. The van der Waals surface area contributed by atoms with Crippen LogP contribution in [-0.4, -0.2) is 50.4 Å². The Hall–Kier alpha value is -1.95. The first-order valence-corrected chi connectivity index (χ1v) is 7.53. The van der Waals surface area contributed by atoms with E-state index in [0.717, 1.165) is 16.7 Å². The molecule has 0 radical (unpaired) electrons. The molecule has 0 aromatic carbocycles. The Balaban J connectivity index is 1.93. The van der Waals surface area contributed by atoms with E-state index in [1.54, 1.807) is 10.9 Å². The molecule has 118 valence electrons. The number of nitrogens with zero attached hydrogens (tertiary/aromatic N) is 4. The fourth-order valence-electron chi connectivity index (χ4n) is 3.22. The van der Waals surface area contributed by atoms with Crippen molar-refractivity contribution in [2.45, 2.75) is 39.4 Å². The molecule has 1 atom stereocenters. The molecule has 1 aliphatic rings. The van der Waals surface area contributed by atoms with E-state index in [1.807, 2.05) is 45.7 Å². The minimum Gasteiger partial charge on any atom is -0.369 e. The molecule has 0 aliphatic carbocycles. The number of morpholine rings is 1. The Labute approximate surface area is 130 Å². The van der Waals surface area contributed by atoms with Gasteiger partial charge in [-0.15, -0.1) is 0 Å². The molecule has 1 unspecified atom stereocenters. The van der Waals surface area contributed by atoms with Gasteiger partial charge in [-0.25, -0.2) is 4.98 Å². The van der Waals surface area contributed by atoms with Crippen molar-refractivity contribution in [3.05, 3.63) is 23.5 Å². The summed E-state index contributed by atoms with van der Waals surface area (Å²) in [7, 11) is 1.86. The second kappa shape index (κ2) is 5.05. The van der Waals surface area contributed by atoms with E-state index in [9.17, 15) is 4.79 Å². The zero-order valence-corrected chi connectivity index (χ0v) is 13.8. The fourth-order valence-corrected chi connectivity index (χ4v) is 3.22. The van der Waals surface area contributed by atoms with Gasteiger partial charge in [-0.3, -0.25) is 9.48 Å². The van der Waals surface area contributed by atoms with Gasteiger partial charge in [-0.2, -0.15) is 5.10 Å². The summed E-state index contributed by atoms with van der Waals surface area (Å²) in [6, 6.07) is 1.89. The Morgan fingerprint density at radius 3 is 2.86 bits per heavy atom. The van der Waals surface area contributed by atoms with Crippen molar-refractivity contribution in [2.24, 2.45) is 7.05 Å². The number of carbonyl (C=O) groups excluding carboxylic acids is 1. The molecule has 6 heteroatoms. The Bertz CT molecular complexity index is 735. The average molecular weight is 302 g/mol. The van der Waals surface area contributed by atoms with Crippen LogP contribution in [0.2, 0.25) is 0 Å². The summed E-state index contributed by atoms with van der Waals surface area (Å²) in [6.45, 7) is 9.13. The van der Waals surface area contributed by atoms with Gasteiger partial charge < -0.3 is 9.64 Å². The molecule has 2 aromatic rings. The highest BCUT2D eigenvalue weighted by molar-refractivity contribution is 5.97. The average Bonchev–Trinajstić information content (AvgIpc) is 2.70. The van der Waals surface area contributed by atoms with Gasteiger partial charge in [0.05, 0.1) is 23.0 Å². The predicted molar refractivity (Wildman–Crippen MR) is 83.8 cm³/mol. The zero-order valence-electron chi connectivity index (χ0n) is 13.8. The lowest BCUT2D eigenvalue weighted by atomic mass is 10.0. The van der Waals surface area contributed by atoms with Crippen LogP contribution in [0.25, 0.3) is 11.0 Å². The van der Waals surface area contributed by atoms with E-state index in [2.05, 4.69) is 10.1 Å². The Kier molecular flexibility index (Phi) is 3.44. The number of rotatable bonds is 1. The van der Waals surface area contributed by atoms with Gasteiger partial charge in [-0.1, -0.05) is 0 Å². The first-order chi connectivity index (χ1) is 10.3. The van der Waals surface area contributed by atoms with Gasteiger partial charge in [0.15, 0.2) is 5.65 Å². The maximum absolute atomic E-state index is 12.8. The van der Waals surface area contributed by atoms with Gasteiger partial charge in [0, 0.05) is 31.7 Å². The van der Waals surface area contributed by atoms with Gasteiger partial charge in [0.1, 0.15) is 0 Å².